The first kappa shape index (κ1) is 14.8. The molecule has 0 radical (unpaired) electrons. The molecule has 1 heterocycles. The van der Waals surface area contributed by atoms with Crippen molar-refractivity contribution in [1.29, 1.82) is 0 Å². The summed E-state index contributed by atoms with van der Waals surface area (Å²) in [4.78, 5) is 11.3. The molecule has 1 saturated heterocycles. The number of nitrogens with one attached hydrogen (secondary N) is 1. The molecule has 0 bridgehead atoms. The Kier molecular flexibility index (Phi) is 5.44. The molecule has 1 aliphatic heterocycles. The minimum Gasteiger partial charge on any atom is -0.508 e. The number of hydrogen-bond donors (Lipinski definition) is 2. The van der Waals surface area contributed by atoms with Crippen LogP contribution in [0.3, 0.4) is 0 Å². The fourth-order valence-electron chi connectivity index (χ4n) is 2.23. The largest absolute Gasteiger partial charge is 0.508 e. The molecule has 1 aromatic rings. The molecule has 2 N–H and O–H groups in total. The average Bonchev–Trinajstić information content (AvgIpc) is 2.39. The van der Waals surface area contributed by atoms with E-state index in [0.29, 0.717) is 5.92 Å². The van der Waals surface area contributed by atoms with Crippen molar-refractivity contribution in [2.45, 2.75) is 24.8 Å². The first-order chi connectivity index (χ1) is 8.20. The zero-order valence-corrected chi connectivity index (χ0v) is 11.1. The molecule has 2 unspecified atom stereocenters. The minimum absolute atomic E-state index is 0. The van der Waals surface area contributed by atoms with Crippen LogP contribution < -0.4 is 5.32 Å². The van der Waals surface area contributed by atoms with Gasteiger partial charge in [0.1, 0.15) is 11.8 Å². The standard InChI is InChI=1S/C13H17NO3.ClH/c1-17-13(16)12-7-4-10(8-14-12)9-2-5-11(15)6-3-9;/h2-3,5-6,10,12,14-15H,4,7-8H2,1H3;1H. The van der Waals surface area contributed by atoms with E-state index >= 15 is 0 Å². The van der Waals surface area contributed by atoms with Crippen molar-refractivity contribution in [1.82, 2.24) is 5.32 Å². The highest BCUT2D eigenvalue weighted by molar-refractivity contribution is 5.85. The maximum atomic E-state index is 11.3. The number of hydrogen-bond acceptors (Lipinski definition) is 4. The maximum Gasteiger partial charge on any atom is 0.322 e. The lowest BCUT2D eigenvalue weighted by Gasteiger charge is -2.28. The zero-order chi connectivity index (χ0) is 12.3. The lowest BCUT2D eigenvalue weighted by Crippen LogP contribution is -2.43. The second kappa shape index (κ2) is 6.61. The van der Waals surface area contributed by atoms with Gasteiger partial charge in [-0.05, 0) is 36.5 Å². The Labute approximate surface area is 113 Å². The van der Waals surface area contributed by atoms with E-state index in [1.165, 1.54) is 12.7 Å². The molecule has 1 aromatic carbocycles. The number of esters is 1. The van der Waals surface area contributed by atoms with E-state index < -0.39 is 0 Å². The van der Waals surface area contributed by atoms with Gasteiger partial charge in [0.05, 0.1) is 7.11 Å². The van der Waals surface area contributed by atoms with Gasteiger partial charge in [0.15, 0.2) is 0 Å². The Balaban J connectivity index is 0.00000162. The Morgan fingerprint density at radius 3 is 2.50 bits per heavy atom. The van der Waals surface area contributed by atoms with Crippen LogP contribution in [0.25, 0.3) is 0 Å². The molecule has 2 atom stereocenters. The first-order valence-corrected chi connectivity index (χ1v) is 5.81. The van der Waals surface area contributed by atoms with E-state index in [2.05, 4.69) is 5.32 Å². The lowest BCUT2D eigenvalue weighted by molar-refractivity contribution is -0.143. The molecular weight excluding hydrogens is 254 g/mol. The fourth-order valence-corrected chi connectivity index (χ4v) is 2.23. The number of piperidine rings is 1. The van der Waals surface area contributed by atoms with Crippen molar-refractivity contribution in [2.24, 2.45) is 0 Å². The van der Waals surface area contributed by atoms with Crippen molar-refractivity contribution in [2.75, 3.05) is 13.7 Å². The van der Waals surface area contributed by atoms with E-state index in [4.69, 9.17) is 4.74 Å². The molecule has 0 amide bonds. The number of halogens is 1. The highest BCUT2D eigenvalue weighted by Crippen LogP contribution is 2.26. The molecule has 0 aromatic heterocycles. The third kappa shape index (κ3) is 3.37. The highest BCUT2D eigenvalue weighted by Gasteiger charge is 2.26. The molecule has 2 rings (SSSR count). The average molecular weight is 272 g/mol. The predicted octanol–water partition coefficient (Wildman–Crippen LogP) is 1.82. The van der Waals surface area contributed by atoms with E-state index in [0.717, 1.165) is 19.4 Å². The SMILES string of the molecule is COC(=O)C1CCC(c2ccc(O)cc2)CN1.Cl. The van der Waals surface area contributed by atoms with Gasteiger partial charge in [0.25, 0.3) is 0 Å². The van der Waals surface area contributed by atoms with Crippen LogP contribution in [0.1, 0.15) is 24.3 Å². The summed E-state index contributed by atoms with van der Waals surface area (Å²) in [6.07, 6.45) is 1.75. The van der Waals surface area contributed by atoms with Crippen LogP contribution in [0, 0.1) is 0 Å². The van der Waals surface area contributed by atoms with Gasteiger partial charge in [-0.25, -0.2) is 0 Å². The summed E-state index contributed by atoms with van der Waals surface area (Å²) in [6.45, 7) is 0.768. The second-order valence-corrected chi connectivity index (χ2v) is 4.35. The highest BCUT2D eigenvalue weighted by atomic mass is 35.5. The van der Waals surface area contributed by atoms with Gasteiger partial charge < -0.3 is 15.2 Å². The quantitative estimate of drug-likeness (QED) is 0.806. The Hall–Kier alpha value is -1.26. The first-order valence-electron chi connectivity index (χ1n) is 5.81. The van der Waals surface area contributed by atoms with Gasteiger partial charge in [0, 0.05) is 6.54 Å². The van der Waals surface area contributed by atoms with Crippen molar-refractivity contribution < 1.29 is 14.6 Å². The van der Waals surface area contributed by atoms with Gasteiger partial charge in [-0.1, -0.05) is 12.1 Å². The van der Waals surface area contributed by atoms with Crippen LogP contribution >= 0.6 is 12.4 Å². The van der Waals surface area contributed by atoms with E-state index in [1.54, 1.807) is 12.1 Å². The van der Waals surface area contributed by atoms with Crippen LogP contribution in [-0.4, -0.2) is 30.8 Å². The van der Waals surface area contributed by atoms with E-state index in [-0.39, 0.29) is 30.2 Å². The number of phenols is 1. The molecule has 0 saturated carbocycles. The van der Waals surface area contributed by atoms with E-state index in [9.17, 15) is 9.90 Å². The molecule has 18 heavy (non-hydrogen) atoms. The molecule has 4 nitrogen and oxygen atoms in total. The van der Waals surface area contributed by atoms with Gasteiger partial charge in [0.2, 0.25) is 0 Å². The van der Waals surface area contributed by atoms with Gasteiger partial charge in [-0.2, -0.15) is 0 Å². The summed E-state index contributed by atoms with van der Waals surface area (Å²) in [5.74, 6) is 0.496. The number of aromatic hydroxyl groups is 1. The second-order valence-electron chi connectivity index (χ2n) is 4.35. The third-order valence-electron chi connectivity index (χ3n) is 3.26. The summed E-state index contributed by atoms with van der Waals surface area (Å²) in [7, 11) is 1.41. The zero-order valence-electron chi connectivity index (χ0n) is 10.3. The molecule has 5 heteroatoms. The topological polar surface area (TPSA) is 58.6 Å². The summed E-state index contributed by atoms with van der Waals surface area (Å²) in [6, 6.07) is 7.08. The fraction of sp³-hybridized carbons (Fsp3) is 0.462. The van der Waals surface area contributed by atoms with Crippen molar-refractivity contribution in [3.63, 3.8) is 0 Å². The molecule has 100 valence electrons. The van der Waals surface area contributed by atoms with Crippen molar-refractivity contribution in [3.8, 4) is 5.75 Å². The third-order valence-corrected chi connectivity index (χ3v) is 3.26. The summed E-state index contributed by atoms with van der Waals surface area (Å²) in [5.41, 5.74) is 1.19. The molecule has 1 aliphatic rings. The Morgan fingerprint density at radius 2 is 2.00 bits per heavy atom. The number of carbonyl (C=O) groups is 1. The van der Waals surface area contributed by atoms with Crippen LogP contribution in [0.5, 0.6) is 5.75 Å². The predicted molar refractivity (Wildman–Crippen MR) is 71.1 cm³/mol. The number of ether oxygens (including phenoxy) is 1. The summed E-state index contributed by atoms with van der Waals surface area (Å²) >= 11 is 0. The Bertz CT molecular complexity index is 386. The molecular formula is C13H18ClNO3. The summed E-state index contributed by atoms with van der Waals surface area (Å²) in [5, 5.41) is 12.4. The van der Waals surface area contributed by atoms with Crippen LogP contribution in [0.15, 0.2) is 24.3 Å². The molecule has 1 fully saturated rings. The number of phenolic OH excluding ortho intramolecular Hbond substituents is 1. The van der Waals surface area contributed by atoms with Gasteiger partial charge in [-0.15, -0.1) is 12.4 Å². The smallest absolute Gasteiger partial charge is 0.322 e. The number of carbonyl (C=O) groups excluding carboxylic acids is 1. The van der Waals surface area contributed by atoms with Gasteiger partial charge >= 0.3 is 5.97 Å². The van der Waals surface area contributed by atoms with Crippen LogP contribution in [0.4, 0.5) is 0 Å². The number of methoxy groups -OCH3 is 1. The summed E-state index contributed by atoms with van der Waals surface area (Å²) < 4.78 is 4.71. The van der Waals surface area contributed by atoms with Gasteiger partial charge in [-0.3, -0.25) is 4.79 Å². The van der Waals surface area contributed by atoms with Crippen molar-refractivity contribution >= 4 is 18.4 Å². The lowest BCUT2D eigenvalue weighted by atomic mass is 9.89. The van der Waals surface area contributed by atoms with E-state index in [1.807, 2.05) is 12.1 Å². The van der Waals surface area contributed by atoms with Crippen LogP contribution in [0.2, 0.25) is 0 Å². The Morgan fingerprint density at radius 1 is 1.33 bits per heavy atom. The molecule has 0 spiro atoms. The minimum atomic E-state index is -0.186. The van der Waals surface area contributed by atoms with Crippen molar-refractivity contribution in [3.05, 3.63) is 29.8 Å². The maximum absolute atomic E-state index is 11.3. The number of benzene rings is 1. The monoisotopic (exact) mass is 271 g/mol. The molecule has 0 aliphatic carbocycles. The van der Waals surface area contributed by atoms with Crippen LogP contribution in [-0.2, 0) is 9.53 Å². The number of rotatable bonds is 2. The normalized spacial score (nSPS) is 22.9.